The number of hydrogen-bond donors (Lipinski definition) is 0. The van der Waals surface area contributed by atoms with Gasteiger partial charge in [0.05, 0.1) is 5.69 Å². The average Bonchev–Trinajstić information content (AvgIpc) is 2.66. The van der Waals surface area contributed by atoms with Crippen LogP contribution in [0, 0.1) is 0 Å². The van der Waals surface area contributed by atoms with Crippen molar-refractivity contribution in [3.05, 3.63) is 30.1 Å². The van der Waals surface area contributed by atoms with Crippen LogP contribution in [0.4, 0.5) is 0 Å². The minimum Gasteiger partial charge on any atom is -0.289 e. The topological polar surface area (TPSA) is 51.4 Å². The molecule has 2 rings (SSSR count). The highest BCUT2D eigenvalue weighted by molar-refractivity contribution is 8.13. The van der Waals surface area contributed by atoms with E-state index >= 15 is 0 Å². The number of halogens is 1. The molecule has 0 fully saturated rings. The first-order chi connectivity index (χ1) is 7.95. The van der Waals surface area contributed by atoms with Gasteiger partial charge in [0.15, 0.2) is 5.03 Å². The fourth-order valence-corrected chi connectivity index (χ4v) is 3.09. The summed E-state index contributed by atoms with van der Waals surface area (Å²) in [4.78, 5) is 4.35. The predicted octanol–water partition coefficient (Wildman–Crippen LogP) is 2.78. The zero-order chi connectivity index (χ0) is 12.6. The molecule has 17 heavy (non-hydrogen) atoms. The van der Waals surface area contributed by atoms with Gasteiger partial charge in [-0.2, -0.15) is 0 Å². The lowest BCUT2D eigenvalue weighted by Gasteiger charge is -2.06. The third-order valence-electron chi connectivity index (χ3n) is 2.82. The summed E-state index contributed by atoms with van der Waals surface area (Å²) in [6.45, 7) is 3.92. The van der Waals surface area contributed by atoms with Crippen LogP contribution in [0.25, 0.3) is 5.65 Å². The number of aromatic nitrogens is 2. The highest BCUT2D eigenvalue weighted by Gasteiger charge is 2.25. The van der Waals surface area contributed by atoms with Crippen molar-refractivity contribution in [1.82, 2.24) is 9.38 Å². The maximum absolute atomic E-state index is 11.7. The first kappa shape index (κ1) is 12.4. The quantitative estimate of drug-likeness (QED) is 0.808. The Bertz CT molecular complexity index is 649. The zero-order valence-corrected chi connectivity index (χ0v) is 11.2. The second kappa shape index (κ2) is 4.31. The van der Waals surface area contributed by atoms with Gasteiger partial charge in [-0.05, 0) is 18.6 Å². The van der Waals surface area contributed by atoms with Gasteiger partial charge in [-0.15, -0.1) is 0 Å². The van der Waals surface area contributed by atoms with Gasteiger partial charge in [-0.25, -0.2) is 13.4 Å². The molecule has 0 saturated heterocycles. The van der Waals surface area contributed by atoms with Gasteiger partial charge in [0, 0.05) is 22.8 Å². The van der Waals surface area contributed by atoms with Gasteiger partial charge in [0.25, 0.3) is 9.05 Å². The normalized spacial score (nSPS) is 14.1. The summed E-state index contributed by atoms with van der Waals surface area (Å²) in [6.07, 6.45) is 2.47. The summed E-state index contributed by atoms with van der Waals surface area (Å²) < 4.78 is 24.8. The van der Waals surface area contributed by atoms with E-state index in [9.17, 15) is 8.42 Å². The summed E-state index contributed by atoms with van der Waals surface area (Å²) >= 11 is 0. The van der Waals surface area contributed by atoms with E-state index in [0.717, 1.165) is 6.42 Å². The maximum atomic E-state index is 11.7. The highest BCUT2D eigenvalue weighted by Crippen LogP contribution is 2.28. The third-order valence-corrected chi connectivity index (χ3v) is 4.13. The summed E-state index contributed by atoms with van der Waals surface area (Å²) in [6, 6.07) is 5.32. The molecule has 0 aliphatic heterocycles. The Morgan fingerprint density at radius 1 is 1.47 bits per heavy atom. The van der Waals surface area contributed by atoms with Crippen LogP contribution in [0.15, 0.2) is 29.4 Å². The predicted molar refractivity (Wildman–Crippen MR) is 66.9 cm³/mol. The standard InChI is InChI=1S/C11H13ClN2O2S/c1-3-8(2)10-11(17(12,15)16)14-7-5-4-6-9(14)13-10/h4-8H,3H2,1-2H3. The van der Waals surface area contributed by atoms with E-state index in [4.69, 9.17) is 10.7 Å². The molecule has 1 unspecified atom stereocenters. The van der Waals surface area contributed by atoms with Crippen molar-refractivity contribution >= 4 is 25.4 Å². The molecule has 0 aromatic carbocycles. The summed E-state index contributed by atoms with van der Waals surface area (Å²) in [5, 5.41) is 0.0871. The molecule has 0 aliphatic rings. The largest absolute Gasteiger partial charge is 0.289 e. The molecule has 0 amide bonds. The van der Waals surface area contributed by atoms with Crippen molar-refractivity contribution in [1.29, 1.82) is 0 Å². The Morgan fingerprint density at radius 2 is 2.18 bits per heavy atom. The fraction of sp³-hybridized carbons (Fsp3) is 0.364. The second-order valence-electron chi connectivity index (χ2n) is 3.98. The number of nitrogens with zero attached hydrogens (tertiary/aromatic N) is 2. The van der Waals surface area contributed by atoms with Gasteiger partial charge in [0.1, 0.15) is 5.65 Å². The van der Waals surface area contributed by atoms with Crippen LogP contribution in [0.5, 0.6) is 0 Å². The van der Waals surface area contributed by atoms with Crippen LogP contribution < -0.4 is 0 Å². The van der Waals surface area contributed by atoms with Gasteiger partial charge in [-0.1, -0.05) is 19.9 Å². The molecule has 0 spiro atoms. The zero-order valence-electron chi connectivity index (χ0n) is 9.59. The van der Waals surface area contributed by atoms with Crippen molar-refractivity contribution < 1.29 is 8.42 Å². The molecule has 4 nitrogen and oxygen atoms in total. The number of hydrogen-bond acceptors (Lipinski definition) is 3. The van der Waals surface area contributed by atoms with Gasteiger partial charge in [-0.3, -0.25) is 4.40 Å². The molecule has 0 radical (unpaired) electrons. The van der Waals surface area contributed by atoms with Crippen molar-refractivity contribution in [3.8, 4) is 0 Å². The Hall–Kier alpha value is -1.07. The third kappa shape index (κ3) is 2.17. The summed E-state index contributed by atoms with van der Waals surface area (Å²) in [5.74, 6) is 0.0541. The minimum absolute atomic E-state index is 0.0541. The van der Waals surface area contributed by atoms with Gasteiger partial charge < -0.3 is 0 Å². The Morgan fingerprint density at radius 3 is 2.76 bits per heavy atom. The van der Waals surface area contributed by atoms with Crippen molar-refractivity contribution in [3.63, 3.8) is 0 Å². The van der Waals surface area contributed by atoms with Gasteiger partial charge >= 0.3 is 0 Å². The Kier molecular flexibility index (Phi) is 3.14. The molecule has 2 aromatic rings. The fourth-order valence-electron chi connectivity index (χ4n) is 1.75. The number of fused-ring (bicyclic) bond motifs is 1. The van der Waals surface area contributed by atoms with Crippen LogP contribution in [-0.2, 0) is 9.05 Å². The lowest BCUT2D eigenvalue weighted by atomic mass is 10.1. The number of rotatable bonds is 3. The molecule has 92 valence electrons. The number of imidazole rings is 1. The Labute approximate surface area is 105 Å². The molecular weight excluding hydrogens is 260 g/mol. The monoisotopic (exact) mass is 272 g/mol. The molecule has 1 atom stereocenters. The first-order valence-corrected chi connectivity index (χ1v) is 7.67. The van der Waals surface area contributed by atoms with Crippen LogP contribution in [-0.4, -0.2) is 17.8 Å². The average molecular weight is 273 g/mol. The van der Waals surface area contributed by atoms with E-state index in [1.807, 2.05) is 19.9 Å². The van der Waals surface area contributed by atoms with Crippen LogP contribution in [0.3, 0.4) is 0 Å². The van der Waals surface area contributed by atoms with E-state index in [-0.39, 0.29) is 10.9 Å². The smallest absolute Gasteiger partial charge is 0.279 e. The molecule has 0 saturated carbocycles. The molecule has 2 heterocycles. The van der Waals surface area contributed by atoms with Gasteiger partial charge in [0.2, 0.25) is 0 Å². The SMILES string of the molecule is CCC(C)c1nc2ccccn2c1S(=O)(=O)Cl. The molecule has 0 aliphatic carbocycles. The van der Waals surface area contributed by atoms with Crippen molar-refractivity contribution in [2.24, 2.45) is 0 Å². The molecule has 6 heteroatoms. The van der Waals surface area contributed by atoms with Crippen LogP contribution in [0.2, 0.25) is 0 Å². The highest BCUT2D eigenvalue weighted by atomic mass is 35.7. The lowest BCUT2D eigenvalue weighted by Crippen LogP contribution is -2.03. The van der Waals surface area contributed by atoms with Crippen molar-refractivity contribution in [2.75, 3.05) is 0 Å². The van der Waals surface area contributed by atoms with E-state index in [2.05, 4.69) is 4.98 Å². The summed E-state index contributed by atoms with van der Waals surface area (Å²) in [5.41, 5.74) is 1.13. The van der Waals surface area contributed by atoms with E-state index in [0.29, 0.717) is 11.3 Å². The second-order valence-corrected chi connectivity index (χ2v) is 6.46. The molecule has 2 aromatic heterocycles. The molecule has 0 N–H and O–H groups in total. The molecule has 0 bridgehead atoms. The Balaban J connectivity index is 2.84. The van der Waals surface area contributed by atoms with E-state index in [1.165, 1.54) is 4.40 Å². The lowest BCUT2D eigenvalue weighted by molar-refractivity contribution is 0.598. The first-order valence-electron chi connectivity index (χ1n) is 5.36. The van der Waals surface area contributed by atoms with Crippen molar-refractivity contribution in [2.45, 2.75) is 31.2 Å². The minimum atomic E-state index is -3.80. The number of pyridine rings is 1. The van der Waals surface area contributed by atoms with E-state index in [1.54, 1.807) is 18.3 Å². The molecular formula is C11H13ClN2O2S. The summed E-state index contributed by atoms with van der Waals surface area (Å²) in [7, 11) is 1.70. The van der Waals surface area contributed by atoms with Crippen LogP contribution in [0.1, 0.15) is 31.9 Å². The van der Waals surface area contributed by atoms with E-state index < -0.39 is 9.05 Å². The van der Waals surface area contributed by atoms with Crippen LogP contribution >= 0.6 is 10.7 Å². The maximum Gasteiger partial charge on any atom is 0.279 e.